The molecule has 1 saturated carbocycles. The van der Waals surface area contributed by atoms with Gasteiger partial charge in [-0.3, -0.25) is 0 Å². The summed E-state index contributed by atoms with van der Waals surface area (Å²) in [7, 11) is 0. The summed E-state index contributed by atoms with van der Waals surface area (Å²) in [4.78, 5) is 0. The molecule has 1 aromatic carbocycles. The van der Waals surface area contributed by atoms with E-state index in [4.69, 9.17) is 27.9 Å². The highest BCUT2D eigenvalue weighted by molar-refractivity contribution is 6.34. The van der Waals surface area contributed by atoms with E-state index in [1.54, 1.807) is 22.9 Å². The van der Waals surface area contributed by atoms with Crippen LogP contribution in [0.5, 0.6) is 5.75 Å². The quantitative estimate of drug-likeness (QED) is 0.850. The fourth-order valence-electron chi connectivity index (χ4n) is 1.90. The van der Waals surface area contributed by atoms with Crippen LogP contribution >= 0.6 is 23.2 Å². The highest BCUT2D eigenvalue weighted by atomic mass is 35.5. The molecule has 1 heterocycles. The molecule has 0 saturated heterocycles. The number of nitrogens with zero attached hydrogens (tertiary/aromatic N) is 3. The number of ether oxygens (including phenoxy) is 1. The zero-order valence-electron chi connectivity index (χ0n) is 11.4. The van der Waals surface area contributed by atoms with Crippen LogP contribution in [0, 0.1) is 0 Å². The van der Waals surface area contributed by atoms with Crippen molar-refractivity contribution in [1.82, 2.24) is 20.3 Å². The first-order valence-electron chi connectivity index (χ1n) is 6.91. The summed E-state index contributed by atoms with van der Waals surface area (Å²) in [6.07, 6.45) is 4.46. The van der Waals surface area contributed by atoms with Crippen LogP contribution in [0.3, 0.4) is 0 Å². The van der Waals surface area contributed by atoms with Crippen molar-refractivity contribution >= 4 is 23.2 Å². The van der Waals surface area contributed by atoms with Crippen molar-refractivity contribution < 1.29 is 4.74 Å². The molecule has 21 heavy (non-hydrogen) atoms. The lowest BCUT2D eigenvalue weighted by Gasteiger charge is -2.08. The lowest BCUT2D eigenvalue weighted by atomic mass is 10.3. The van der Waals surface area contributed by atoms with Crippen molar-refractivity contribution in [3.05, 3.63) is 40.1 Å². The van der Waals surface area contributed by atoms with Gasteiger partial charge in [0.25, 0.3) is 0 Å². The van der Waals surface area contributed by atoms with Gasteiger partial charge in [-0.2, -0.15) is 0 Å². The van der Waals surface area contributed by atoms with E-state index in [1.807, 2.05) is 6.20 Å². The molecule has 0 radical (unpaired) electrons. The minimum Gasteiger partial charge on any atom is -0.490 e. The smallest absolute Gasteiger partial charge is 0.139 e. The van der Waals surface area contributed by atoms with Crippen molar-refractivity contribution in [3.63, 3.8) is 0 Å². The first-order valence-corrected chi connectivity index (χ1v) is 7.66. The van der Waals surface area contributed by atoms with Crippen LogP contribution in [0.4, 0.5) is 0 Å². The monoisotopic (exact) mass is 326 g/mol. The third-order valence-corrected chi connectivity index (χ3v) is 3.75. The Morgan fingerprint density at radius 3 is 3.00 bits per heavy atom. The van der Waals surface area contributed by atoms with Crippen LogP contribution in [0.25, 0.3) is 0 Å². The highest BCUT2D eigenvalue weighted by Gasteiger charge is 2.20. The Labute approximate surface area is 133 Å². The molecule has 1 N–H and O–H groups in total. The Bertz CT molecular complexity index is 613. The molecule has 0 unspecified atom stereocenters. The van der Waals surface area contributed by atoms with Crippen molar-refractivity contribution in [2.45, 2.75) is 32.0 Å². The van der Waals surface area contributed by atoms with Gasteiger partial charge in [0.15, 0.2) is 0 Å². The van der Waals surface area contributed by atoms with E-state index in [1.165, 1.54) is 12.8 Å². The number of aromatic nitrogens is 3. The number of hydrogen-bond acceptors (Lipinski definition) is 4. The molecule has 1 aliphatic carbocycles. The summed E-state index contributed by atoms with van der Waals surface area (Å²) in [5.41, 5.74) is 0.947. The van der Waals surface area contributed by atoms with Crippen LogP contribution in [0.1, 0.15) is 18.5 Å². The average molecular weight is 327 g/mol. The maximum Gasteiger partial charge on any atom is 0.139 e. The molecule has 1 aliphatic rings. The molecule has 5 nitrogen and oxygen atoms in total. The van der Waals surface area contributed by atoms with Gasteiger partial charge in [0.2, 0.25) is 0 Å². The molecule has 1 aromatic heterocycles. The number of rotatable bonds is 7. The van der Waals surface area contributed by atoms with Crippen molar-refractivity contribution in [2.75, 3.05) is 6.61 Å². The number of halogens is 2. The maximum absolute atomic E-state index is 6.03. The number of nitrogens with one attached hydrogen (secondary N) is 1. The van der Waals surface area contributed by atoms with Gasteiger partial charge in [-0.1, -0.05) is 28.4 Å². The first kappa shape index (κ1) is 14.6. The number of benzene rings is 1. The van der Waals surface area contributed by atoms with Gasteiger partial charge in [-0.15, -0.1) is 5.10 Å². The molecule has 0 amide bonds. The first-order chi connectivity index (χ1) is 10.2. The van der Waals surface area contributed by atoms with Gasteiger partial charge in [0, 0.05) is 29.9 Å². The van der Waals surface area contributed by atoms with Crippen LogP contribution in [-0.4, -0.2) is 27.6 Å². The number of hydrogen-bond donors (Lipinski definition) is 1. The summed E-state index contributed by atoms with van der Waals surface area (Å²) >= 11 is 11.9. The van der Waals surface area contributed by atoms with Crippen LogP contribution in [-0.2, 0) is 13.1 Å². The summed E-state index contributed by atoms with van der Waals surface area (Å²) in [6, 6.07) is 5.82. The van der Waals surface area contributed by atoms with Crippen molar-refractivity contribution in [2.24, 2.45) is 0 Å². The fourth-order valence-corrected chi connectivity index (χ4v) is 2.24. The predicted molar refractivity (Wildman–Crippen MR) is 81.8 cm³/mol. The van der Waals surface area contributed by atoms with E-state index >= 15 is 0 Å². The predicted octanol–water partition coefficient (Wildman–Crippen LogP) is 2.92. The Balaban J connectivity index is 1.47. The lowest BCUT2D eigenvalue weighted by molar-refractivity contribution is 0.290. The lowest BCUT2D eigenvalue weighted by Crippen LogP contribution is -2.15. The average Bonchev–Trinajstić information content (AvgIpc) is 3.20. The van der Waals surface area contributed by atoms with E-state index < -0.39 is 0 Å². The van der Waals surface area contributed by atoms with Gasteiger partial charge in [0.1, 0.15) is 12.4 Å². The Morgan fingerprint density at radius 2 is 2.19 bits per heavy atom. The van der Waals surface area contributed by atoms with Gasteiger partial charge in [-0.25, -0.2) is 4.68 Å². The minimum absolute atomic E-state index is 0.457. The summed E-state index contributed by atoms with van der Waals surface area (Å²) in [5.74, 6) is 0.583. The molecular formula is C14H16Cl2N4O. The van der Waals surface area contributed by atoms with Crippen LogP contribution in [0.15, 0.2) is 24.4 Å². The second-order valence-corrected chi connectivity index (χ2v) is 5.89. The Kier molecular flexibility index (Phi) is 4.63. The summed E-state index contributed by atoms with van der Waals surface area (Å²) in [5, 5.41) is 12.7. The summed E-state index contributed by atoms with van der Waals surface area (Å²) in [6.45, 7) is 1.84. The van der Waals surface area contributed by atoms with E-state index in [-0.39, 0.29) is 0 Å². The third kappa shape index (κ3) is 4.33. The SMILES string of the molecule is Clc1ccc(Cl)c(OCCn2cc(CNC3CC3)nn2)c1. The molecular weight excluding hydrogens is 311 g/mol. The van der Waals surface area contributed by atoms with E-state index in [0.717, 1.165) is 12.2 Å². The topological polar surface area (TPSA) is 52.0 Å². The van der Waals surface area contributed by atoms with Gasteiger partial charge in [0.05, 0.1) is 17.3 Å². The zero-order valence-corrected chi connectivity index (χ0v) is 12.9. The third-order valence-electron chi connectivity index (χ3n) is 3.21. The largest absolute Gasteiger partial charge is 0.490 e. The fraction of sp³-hybridized carbons (Fsp3) is 0.429. The van der Waals surface area contributed by atoms with Gasteiger partial charge < -0.3 is 10.1 Å². The second-order valence-electron chi connectivity index (χ2n) is 5.05. The molecule has 7 heteroatoms. The minimum atomic E-state index is 0.457. The second kappa shape index (κ2) is 6.64. The van der Waals surface area contributed by atoms with E-state index in [9.17, 15) is 0 Å². The highest BCUT2D eigenvalue weighted by Crippen LogP contribution is 2.27. The van der Waals surface area contributed by atoms with Crippen molar-refractivity contribution in [3.8, 4) is 5.75 Å². The molecule has 3 rings (SSSR count). The van der Waals surface area contributed by atoms with E-state index in [2.05, 4.69) is 15.6 Å². The molecule has 1 fully saturated rings. The Morgan fingerprint density at radius 1 is 1.33 bits per heavy atom. The Hall–Kier alpha value is -1.30. The molecule has 0 bridgehead atoms. The van der Waals surface area contributed by atoms with E-state index in [0.29, 0.717) is 35.0 Å². The standard InChI is InChI=1S/C14H16Cl2N4O/c15-10-1-4-13(16)14(7-10)21-6-5-20-9-12(18-19-20)8-17-11-2-3-11/h1,4,7,9,11,17H,2-3,5-6,8H2. The van der Waals surface area contributed by atoms with Crippen molar-refractivity contribution in [1.29, 1.82) is 0 Å². The normalized spacial score (nSPS) is 14.4. The molecule has 112 valence electrons. The zero-order chi connectivity index (χ0) is 14.7. The molecule has 0 aliphatic heterocycles. The van der Waals surface area contributed by atoms with Crippen LogP contribution < -0.4 is 10.1 Å². The molecule has 0 atom stereocenters. The molecule has 0 spiro atoms. The van der Waals surface area contributed by atoms with Crippen LogP contribution in [0.2, 0.25) is 10.0 Å². The van der Waals surface area contributed by atoms with Gasteiger partial charge in [-0.05, 0) is 25.0 Å². The summed E-state index contributed by atoms with van der Waals surface area (Å²) < 4.78 is 7.38. The maximum atomic E-state index is 6.03. The molecule has 2 aromatic rings. The van der Waals surface area contributed by atoms with Gasteiger partial charge >= 0.3 is 0 Å².